The van der Waals surface area contributed by atoms with Crippen LogP contribution in [0.25, 0.3) is 0 Å². The number of rotatable bonds is 9. The van der Waals surface area contributed by atoms with Crippen molar-refractivity contribution in [2.24, 2.45) is 0 Å². The van der Waals surface area contributed by atoms with Gasteiger partial charge in [0.15, 0.2) is 17.6 Å². The summed E-state index contributed by atoms with van der Waals surface area (Å²) in [5.41, 5.74) is 0.697. The van der Waals surface area contributed by atoms with E-state index in [1.807, 2.05) is 30.3 Å². The number of esters is 1. The van der Waals surface area contributed by atoms with Crippen LogP contribution in [-0.4, -0.2) is 39.3 Å². The van der Waals surface area contributed by atoms with E-state index in [2.05, 4.69) is 5.32 Å². The summed E-state index contributed by atoms with van der Waals surface area (Å²) in [4.78, 5) is 25.1. The molecule has 0 spiro atoms. The Kier molecular flexibility index (Phi) is 7.75. The highest BCUT2D eigenvalue weighted by molar-refractivity contribution is 5.97. The van der Waals surface area contributed by atoms with Gasteiger partial charge in [0.1, 0.15) is 11.5 Å². The predicted molar refractivity (Wildman–Crippen MR) is 123 cm³/mol. The molecule has 3 aromatic carbocycles. The van der Waals surface area contributed by atoms with Gasteiger partial charge in [0, 0.05) is 5.69 Å². The minimum Gasteiger partial charge on any atom is -0.493 e. The minimum atomic E-state index is -1.04. The Morgan fingerprint density at radius 1 is 0.788 bits per heavy atom. The van der Waals surface area contributed by atoms with E-state index < -0.39 is 18.0 Å². The quantitative estimate of drug-likeness (QED) is 0.472. The molecule has 0 heterocycles. The summed E-state index contributed by atoms with van der Waals surface area (Å²) in [6.45, 7) is 1.48. The molecule has 1 N–H and O–H groups in total. The lowest BCUT2D eigenvalue weighted by Crippen LogP contribution is -2.30. The molecule has 0 aliphatic heterocycles. The lowest BCUT2D eigenvalue weighted by Gasteiger charge is -2.16. The van der Waals surface area contributed by atoms with Crippen LogP contribution >= 0.6 is 0 Å². The lowest BCUT2D eigenvalue weighted by molar-refractivity contribution is -0.123. The molecule has 0 aliphatic carbocycles. The molecule has 0 bridgehead atoms. The van der Waals surface area contributed by atoms with E-state index in [9.17, 15) is 9.59 Å². The number of ether oxygens (including phenoxy) is 5. The molecule has 1 unspecified atom stereocenters. The van der Waals surface area contributed by atoms with Crippen molar-refractivity contribution < 1.29 is 33.3 Å². The standard InChI is InChI=1S/C25H25NO7/c1-16(32-25(28)17-14-21(29-2)23(31-4)22(15-17)30-3)24(27)26-18-10-12-20(13-11-18)33-19-8-6-5-7-9-19/h5-16H,1-4H3,(H,26,27). The second kappa shape index (κ2) is 10.9. The molecule has 172 valence electrons. The number of hydrogen-bond acceptors (Lipinski definition) is 7. The first-order valence-electron chi connectivity index (χ1n) is 10.1. The van der Waals surface area contributed by atoms with E-state index in [1.54, 1.807) is 24.3 Å². The second-order valence-corrected chi connectivity index (χ2v) is 6.89. The van der Waals surface area contributed by atoms with Crippen molar-refractivity contribution in [3.8, 4) is 28.7 Å². The molecule has 1 amide bonds. The summed E-state index contributed by atoms with van der Waals surface area (Å²) in [5, 5.41) is 2.71. The first-order chi connectivity index (χ1) is 15.9. The Bertz CT molecular complexity index is 1070. The van der Waals surface area contributed by atoms with Crippen LogP contribution in [0, 0.1) is 0 Å². The molecule has 33 heavy (non-hydrogen) atoms. The smallest absolute Gasteiger partial charge is 0.339 e. The van der Waals surface area contributed by atoms with Crippen LogP contribution in [0.5, 0.6) is 28.7 Å². The van der Waals surface area contributed by atoms with Crippen LogP contribution in [0.1, 0.15) is 17.3 Å². The summed E-state index contributed by atoms with van der Waals surface area (Å²) >= 11 is 0. The molecular weight excluding hydrogens is 426 g/mol. The first kappa shape index (κ1) is 23.5. The number of anilines is 1. The summed E-state index contributed by atoms with van der Waals surface area (Å²) in [6.07, 6.45) is -1.04. The number of amides is 1. The third kappa shape index (κ3) is 5.94. The van der Waals surface area contributed by atoms with Crippen LogP contribution < -0.4 is 24.3 Å². The SMILES string of the molecule is COc1cc(C(=O)OC(C)C(=O)Nc2ccc(Oc3ccccc3)cc2)cc(OC)c1OC. The van der Waals surface area contributed by atoms with Crippen LogP contribution in [0.3, 0.4) is 0 Å². The van der Waals surface area contributed by atoms with Crippen LogP contribution in [0.4, 0.5) is 5.69 Å². The normalized spacial score (nSPS) is 11.2. The molecule has 0 aromatic heterocycles. The average molecular weight is 451 g/mol. The van der Waals surface area contributed by atoms with E-state index >= 15 is 0 Å². The highest BCUT2D eigenvalue weighted by atomic mass is 16.6. The van der Waals surface area contributed by atoms with Crippen molar-refractivity contribution in [1.29, 1.82) is 0 Å². The molecule has 8 nitrogen and oxygen atoms in total. The van der Waals surface area contributed by atoms with Crippen LogP contribution in [0.15, 0.2) is 66.7 Å². The molecule has 1 atom stereocenters. The fourth-order valence-electron chi connectivity index (χ4n) is 2.96. The van der Waals surface area contributed by atoms with E-state index in [1.165, 1.54) is 40.4 Å². The van der Waals surface area contributed by atoms with E-state index in [4.69, 9.17) is 23.7 Å². The zero-order chi connectivity index (χ0) is 23.8. The second-order valence-electron chi connectivity index (χ2n) is 6.89. The third-order valence-corrected chi connectivity index (χ3v) is 4.65. The van der Waals surface area contributed by atoms with Crippen LogP contribution in [-0.2, 0) is 9.53 Å². The maximum Gasteiger partial charge on any atom is 0.339 e. The molecular formula is C25H25NO7. The van der Waals surface area contributed by atoms with Gasteiger partial charge >= 0.3 is 5.97 Å². The number of methoxy groups -OCH3 is 3. The molecule has 0 saturated carbocycles. The molecule has 8 heteroatoms. The van der Waals surface area contributed by atoms with Crippen molar-refractivity contribution in [1.82, 2.24) is 0 Å². The van der Waals surface area contributed by atoms with Gasteiger partial charge in [0.25, 0.3) is 5.91 Å². The number of nitrogens with one attached hydrogen (secondary N) is 1. The predicted octanol–water partition coefficient (Wildman–Crippen LogP) is 4.69. The Morgan fingerprint density at radius 2 is 1.36 bits per heavy atom. The van der Waals surface area contributed by atoms with Gasteiger partial charge in [-0.3, -0.25) is 4.79 Å². The molecule has 0 radical (unpaired) electrons. The number of benzene rings is 3. The minimum absolute atomic E-state index is 0.159. The summed E-state index contributed by atoms with van der Waals surface area (Å²) in [6, 6.07) is 19.1. The number of carbonyl (C=O) groups excluding carboxylic acids is 2. The Hall–Kier alpha value is -4.20. The van der Waals surface area contributed by atoms with Gasteiger partial charge in [-0.2, -0.15) is 0 Å². The summed E-state index contributed by atoms with van der Waals surface area (Å²) in [5.74, 6) is 1.11. The largest absolute Gasteiger partial charge is 0.493 e. The summed E-state index contributed by atoms with van der Waals surface area (Å²) in [7, 11) is 4.35. The molecule has 0 saturated heterocycles. The number of hydrogen-bond donors (Lipinski definition) is 1. The van der Waals surface area contributed by atoms with Gasteiger partial charge in [-0.1, -0.05) is 18.2 Å². The molecule has 0 fully saturated rings. The number of carbonyl (C=O) groups is 2. The number of para-hydroxylation sites is 1. The van der Waals surface area contributed by atoms with Crippen molar-refractivity contribution in [2.45, 2.75) is 13.0 Å². The van der Waals surface area contributed by atoms with Gasteiger partial charge in [-0.05, 0) is 55.5 Å². The van der Waals surface area contributed by atoms with Gasteiger partial charge in [-0.25, -0.2) is 4.79 Å². The van der Waals surface area contributed by atoms with E-state index in [0.717, 1.165) is 0 Å². The Labute approximate surface area is 192 Å². The summed E-state index contributed by atoms with van der Waals surface area (Å²) < 4.78 is 26.8. The highest BCUT2D eigenvalue weighted by Gasteiger charge is 2.22. The van der Waals surface area contributed by atoms with Gasteiger partial charge < -0.3 is 29.0 Å². The van der Waals surface area contributed by atoms with Crippen molar-refractivity contribution >= 4 is 17.6 Å². The van der Waals surface area contributed by atoms with E-state index in [-0.39, 0.29) is 5.56 Å². The monoisotopic (exact) mass is 451 g/mol. The van der Waals surface area contributed by atoms with Gasteiger partial charge in [0.05, 0.1) is 26.9 Å². The Balaban J connectivity index is 1.62. The zero-order valence-corrected chi connectivity index (χ0v) is 18.8. The van der Waals surface area contributed by atoms with Crippen LogP contribution in [0.2, 0.25) is 0 Å². The van der Waals surface area contributed by atoms with Crippen molar-refractivity contribution in [3.05, 3.63) is 72.3 Å². The average Bonchev–Trinajstić information content (AvgIpc) is 2.84. The molecule has 0 aliphatic rings. The zero-order valence-electron chi connectivity index (χ0n) is 18.8. The third-order valence-electron chi connectivity index (χ3n) is 4.65. The molecule has 3 rings (SSSR count). The van der Waals surface area contributed by atoms with Gasteiger partial charge in [0.2, 0.25) is 5.75 Å². The Morgan fingerprint density at radius 3 is 1.91 bits per heavy atom. The van der Waals surface area contributed by atoms with E-state index in [0.29, 0.717) is 34.4 Å². The fourth-order valence-corrected chi connectivity index (χ4v) is 2.96. The fraction of sp³-hybridized carbons (Fsp3) is 0.200. The maximum atomic E-state index is 12.6. The van der Waals surface area contributed by atoms with Crippen molar-refractivity contribution in [3.63, 3.8) is 0 Å². The first-order valence-corrected chi connectivity index (χ1v) is 10.1. The topological polar surface area (TPSA) is 92.3 Å². The van der Waals surface area contributed by atoms with Crippen molar-refractivity contribution in [2.75, 3.05) is 26.6 Å². The highest BCUT2D eigenvalue weighted by Crippen LogP contribution is 2.38. The maximum absolute atomic E-state index is 12.6. The van der Waals surface area contributed by atoms with Gasteiger partial charge in [-0.15, -0.1) is 0 Å². The molecule has 3 aromatic rings. The lowest BCUT2D eigenvalue weighted by atomic mass is 10.2.